The molecule has 3 rings (SSSR count). The van der Waals surface area contributed by atoms with Crippen LogP contribution in [0.4, 0.5) is 28.6 Å². The van der Waals surface area contributed by atoms with Crippen LogP contribution in [0, 0.1) is 0 Å². The minimum Gasteiger partial charge on any atom is -0.489 e. The second kappa shape index (κ2) is 12.4. The van der Waals surface area contributed by atoms with E-state index < -0.39 is 53.4 Å². The average molecular weight is 643 g/mol. The lowest BCUT2D eigenvalue weighted by molar-refractivity contribution is -0.138. The van der Waals surface area contributed by atoms with Crippen LogP contribution in [0.2, 0.25) is 5.02 Å². The molecule has 0 N–H and O–H groups in total. The standard InChI is InChI=1S/C30H39BClF3N2O7/c1-26(2,3)41-24(38)37(25(39)42-27(4,5)6)23-22(16-19(17-36-23)31-43-28(7,8)29(9,10)44-31)40-14-13-18-15-20(32)11-12-21(18)30(33,34)35/h11-12,15-17H,13-14H2,1-10H3. The van der Waals surface area contributed by atoms with Gasteiger partial charge in [-0.15, -0.1) is 0 Å². The van der Waals surface area contributed by atoms with E-state index in [0.29, 0.717) is 10.4 Å². The van der Waals surface area contributed by atoms with Crippen molar-refractivity contribution in [2.24, 2.45) is 0 Å². The molecule has 0 radical (unpaired) electrons. The first-order chi connectivity index (χ1) is 19.9. The number of carbonyl (C=O) groups is 2. The number of halogens is 4. The lowest BCUT2D eigenvalue weighted by Crippen LogP contribution is -2.45. The van der Waals surface area contributed by atoms with Gasteiger partial charge < -0.3 is 23.5 Å². The third-order valence-electron chi connectivity index (χ3n) is 6.75. The van der Waals surface area contributed by atoms with Gasteiger partial charge in [-0.2, -0.15) is 18.1 Å². The van der Waals surface area contributed by atoms with Gasteiger partial charge in [0.1, 0.15) is 11.2 Å². The number of rotatable bonds is 6. The molecule has 0 atom stereocenters. The predicted octanol–water partition coefficient (Wildman–Crippen LogP) is 7.35. The number of amides is 2. The molecule has 0 aliphatic carbocycles. The van der Waals surface area contributed by atoms with E-state index in [4.69, 9.17) is 35.1 Å². The fourth-order valence-electron chi connectivity index (χ4n) is 4.01. The number of benzene rings is 1. The topological polar surface area (TPSA) is 96.4 Å². The van der Waals surface area contributed by atoms with Crippen LogP contribution < -0.4 is 15.1 Å². The highest BCUT2D eigenvalue weighted by Gasteiger charge is 2.52. The van der Waals surface area contributed by atoms with Gasteiger partial charge in [-0.05, 0) is 99.1 Å². The molecule has 0 spiro atoms. The van der Waals surface area contributed by atoms with Gasteiger partial charge >= 0.3 is 25.5 Å². The highest BCUT2D eigenvalue weighted by Crippen LogP contribution is 2.38. The summed E-state index contributed by atoms with van der Waals surface area (Å²) in [7, 11) is -0.898. The molecule has 44 heavy (non-hydrogen) atoms. The highest BCUT2D eigenvalue weighted by molar-refractivity contribution is 6.62. The summed E-state index contributed by atoms with van der Waals surface area (Å²) in [6.07, 6.45) is -5.67. The lowest BCUT2D eigenvalue weighted by atomic mass is 9.80. The molecular weight excluding hydrogens is 604 g/mol. The fourth-order valence-corrected chi connectivity index (χ4v) is 4.21. The number of hydrogen-bond donors (Lipinski definition) is 0. The Bertz CT molecular complexity index is 1340. The summed E-state index contributed by atoms with van der Waals surface area (Å²) in [6.45, 7) is 16.9. The normalized spacial score (nSPS) is 16.5. The number of hydrogen-bond acceptors (Lipinski definition) is 8. The number of pyridine rings is 1. The molecule has 1 aliphatic rings. The van der Waals surface area contributed by atoms with Gasteiger partial charge in [0.05, 0.1) is 23.4 Å². The zero-order chi connectivity index (χ0) is 33.5. The largest absolute Gasteiger partial charge is 0.496 e. The Morgan fingerprint density at radius 2 is 1.45 bits per heavy atom. The molecule has 1 fully saturated rings. The second-order valence-corrected chi connectivity index (χ2v) is 13.8. The highest BCUT2D eigenvalue weighted by atomic mass is 35.5. The summed E-state index contributed by atoms with van der Waals surface area (Å²) in [5, 5.41) is 0.124. The quantitative estimate of drug-likeness (QED) is 0.302. The molecular formula is C30H39BClF3N2O7. The van der Waals surface area contributed by atoms with E-state index in [2.05, 4.69) is 4.98 Å². The van der Waals surface area contributed by atoms with E-state index in [-0.39, 0.29) is 35.2 Å². The van der Waals surface area contributed by atoms with Gasteiger partial charge in [0, 0.05) is 23.1 Å². The Labute approximate surface area is 261 Å². The van der Waals surface area contributed by atoms with Crippen LogP contribution in [0.5, 0.6) is 5.75 Å². The molecule has 14 heteroatoms. The molecule has 9 nitrogen and oxygen atoms in total. The second-order valence-electron chi connectivity index (χ2n) is 13.4. The van der Waals surface area contributed by atoms with Crippen LogP contribution in [0.3, 0.4) is 0 Å². The fraction of sp³-hybridized carbons (Fsp3) is 0.567. The predicted molar refractivity (Wildman–Crippen MR) is 161 cm³/mol. The molecule has 0 saturated carbocycles. The maximum Gasteiger partial charge on any atom is 0.496 e. The van der Waals surface area contributed by atoms with Gasteiger partial charge in [0.15, 0.2) is 11.6 Å². The van der Waals surface area contributed by atoms with Crippen LogP contribution in [-0.4, -0.2) is 53.3 Å². The Morgan fingerprint density at radius 3 is 1.93 bits per heavy atom. The number of nitrogens with zero attached hydrogens (tertiary/aromatic N) is 2. The minimum atomic E-state index is -4.62. The van der Waals surface area contributed by atoms with E-state index in [1.165, 1.54) is 18.3 Å². The van der Waals surface area contributed by atoms with Gasteiger partial charge in [-0.25, -0.2) is 14.6 Å². The Balaban J connectivity index is 2.08. The van der Waals surface area contributed by atoms with Gasteiger partial charge in [0.25, 0.3) is 0 Å². The van der Waals surface area contributed by atoms with Crippen LogP contribution in [0.1, 0.15) is 80.4 Å². The van der Waals surface area contributed by atoms with Gasteiger partial charge in [0.2, 0.25) is 0 Å². The Kier molecular flexibility index (Phi) is 9.99. The molecule has 0 unspecified atom stereocenters. The van der Waals surface area contributed by atoms with Crippen molar-refractivity contribution in [2.75, 3.05) is 11.5 Å². The average Bonchev–Trinajstić information content (AvgIpc) is 3.03. The smallest absolute Gasteiger partial charge is 0.489 e. The van der Waals surface area contributed by atoms with Crippen molar-refractivity contribution >= 4 is 42.2 Å². The SMILES string of the molecule is CC(C)(C)OC(=O)N(C(=O)OC(C)(C)C)c1ncc(B2OC(C)(C)C(C)(C)O2)cc1OCCc1cc(Cl)ccc1C(F)(F)F. The molecule has 1 aliphatic heterocycles. The zero-order valence-corrected chi connectivity index (χ0v) is 27.4. The van der Waals surface area contributed by atoms with E-state index in [9.17, 15) is 22.8 Å². The molecule has 2 heterocycles. The zero-order valence-electron chi connectivity index (χ0n) is 26.6. The van der Waals surface area contributed by atoms with Crippen LogP contribution in [0.15, 0.2) is 30.5 Å². The van der Waals surface area contributed by atoms with Crippen molar-refractivity contribution in [1.29, 1.82) is 0 Å². The van der Waals surface area contributed by atoms with Crippen molar-refractivity contribution in [3.63, 3.8) is 0 Å². The number of carbonyl (C=O) groups excluding carboxylic acids is 2. The van der Waals surface area contributed by atoms with Crippen molar-refractivity contribution in [3.8, 4) is 5.75 Å². The number of anilines is 1. The molecule has 1 aromatic carbocycles. The number of ether oxygens (including phenoxy) is 3. The maximum absolute atomic E-state index is 13.7. The van der Waals surface area contributed by atoms with Crippen molar-refractivity contribution in [3.05, 3.63) is 46.6 Å². The number of aromatic nitrogens is 1. The third-order valence-corrected chi connectivity index (χ3v) is 6.98. The Hall–Kier alpha value is -3.03. The van der Waals surface area contributed by atoms with Crippen molar-refractivity contribution < 1.29 is 46.3 Å². The first-order valence-electron chi connectivity index (χ1n) is 14.0. The van der Waals surface area contributed by atoms with E-state index in [1.807, 2.05) is 27.7 Å². The minimum absolute atomic E-state index is 0.0993. The van der Waals surface area contributed by atoms with Gasteiger partial charge in [-0.1, -0.05) is 11.6 Å². The summed E-state index contributed by atoms with van der Waals surface area (Å²) < 4.78 is 70.1. The first kappa shape index (κ1) is 35.5. The summed E-state index contributed by atoms with van der Waals surface area (Å²) in [5.41, 5.74) is -3.97. The van der Waals surface area contributed by atoms with Crippen molar-refractivity contribution in [2.45, 2.75) is 104 Å². The summed E-state index contributed by atoms with van der Waals surface area (Å²) in [4.78, 5) is 31.7. The monoisotopic (exact) mass is 642 g/mol. The van der Waals surface area contributed by atoms with Crippen LogP contribution in [0.25, 0.3) is 0 Å². The summed E-state index contributed by atoms with van der Waals surface area (Å²) >= 11 is 5.99. The molecule has 1 aromatic heterocycles. The molecule has 2 amide bonds. The lowest BCUT2D eigenvalue weighted by Gasteiger charge is -2.32. The number of imide groups is 1. The van der Waals surface area contributed by atoms with E-state index >= 15 is 0 Å². The summed E-state index contributed by atoms with van der Waals surface area (Å²) in [5.74, 6) is -0.416. The first-order valence-corrected chi connectivity index (χ1v) is 14.4. The van der Waals surface area contributed by atoms with Crippen molar-refractivity contribution in [1.82, 2.24) is 4.98 Å². The molecule has 0 bridgehead atoms. The van der Waals surface area contributed by atoms with E-state index in [1.54, 1.807) is 41.5 Å². The number of alkyl halides is 3. The van der Waals surface area contributed by atoms with E-state index in [0.717, 1.165) is 12.1 Å². The van der Waals surface area contributed by atoms with Gasteiger partial charge in [-0.3, -0.25) is 0 Å². The molecule has 1 saturated heterocycles. The maximum atomic E-state index is 13.7. The summed E-state index contributed by atoms with van der Waals surface area (Å²) in [6, 6.07) is 4.72. The van der Waals surface area contributed by atoms with Crippen LogP contribution in [-0.2, 0) is 31.4 Å². The Morgan fingerprint density at radius 1 is 0.932 bits per heavy atom. The third kappa shape index (κ3) is 8.79. The van der Waals surface area contributed by atoms with Crippen LogP contribution >= 0.6 is 11.6 Å². The molecule has 242 valence electrons. The molecule has 2 aromatic rings.